The SMILES string of the molecule is Fc1ccc(CNCc2cc(Br)ccc2F)cc1F. The highest BCUT2D eigenvalue weighted by molar-refractivity contribution is 9.10. The van der Waals surface area contributed by atoms with E-state index in [1.165, 1.54) is 12.1 Å². The van der Waals surface area contributed by atoms with Crippen molar-refractivity contribution in [3.63, 3.8) is 0 Å². The highest BCUT2D eigenvalue weighted by Gasteiger charge is 2.04. The summed E-state index contributed by atoms with van der Waals surface area (Å²) in [6.07, 6.45) is 0. The molecule has 0 spiro atoms. The monoisotopic (exact) mass is 329 g/mol. The Hall–Kier alpha value is -1.33. The van der Waals surface area contributed by atoms with Crippen molar-refractivity contribution in [2.75, 3.05) is 0 Å². The second-order valence-corrected chi connectivity index (χ2v) is 5.00. The summed E-state index contributed by atoms with van der Waals surface area (Å²) in [5.74, 6) is -2.06. The molecule has 0 aromatic heterocycles. The Morgan fingerprint density at radius 1 is 0.842 bits per heavy atom. The summed E-state index contributed by atoms with van der Waals surface area (Å²) in [6.45, 7) is 0.646. The molecule has 1 N–H and O–H groups in total. The van der Waals surface area contributed by atoms with Gasteiger partial charge in [-0.2, -0.15) is 0 Å². The molecular weight excluding hydrogens is 319 g/mol. The highest BCUT2D eigenvalue weighted by atomic mass is 79.9. The van der Waals surface area contributed by atoms with Crippen LogP contribution in [0, 0.1) is 17.5 Å². The first kappa shape index (κ1) is 14.1. The molecule has 2 aromatic rings. The third kappa shape index (κ3) is 3.81. The molecule has 0 unspecified atom stereocenters. The zero-order valence-corrected chi connectivity index (χ0v) is 11.5. The van der Waals surface area contributed by atoms with Gasteiger partial charge in [-0.1, -0.05) is 22.0 Å². The van der Waals surface area contributed by atoms with E-state index < -0.39 is 11.6 Å². The molecule has 0 radical (unpaired) electrons. The first-order valence-electron chi connectivity index (χ1n) is 5.65. The van der Waals surface area contributed by atoms with E-state index in [2.05, 4.69) is 21.2 Å². The van der Waals surface area contributed by atoms with Crippen molar-refractivity contribution in [2.45, 2.75) is 13.1 Å². The Labute approximate surface area is 117 Å². The van der Waals surface area contributed by atoms with Gasteiger partial charge in [0.25, 0.3) is 0 Å². The summed E-state index contributed by atoms with van der Waals surface area (Å²) in [5.41, 5.74) is 1.12. The molecule has 5 heteroatoms. The Balaban J connectivity index is 1.96. The fourth-order valence-electron chi connectivity index (χ4n) is 1.67. The summed E-state index contributed by atoms with van der Waals surface area (Å²) >= 11 is 3.26. The molecular formula is C14H11BrF3N. The molecule has 0 aliphatic carbocycles. The molecule has 19 heavy (non-hydrogen) atoms. The molecule has 0 aliphatic rings. The van der Waals surface area contributed by atoms with Crippen molar-refractivity contribution >= 4 is 15.9 Å². The van der Waals surface area contributed by atoms with Crippen molar-refractivity contribution in [1.29, 1.82) is 0 Å². The van der Waals surface area contributed by atoms with Crippen LogP contribution in [-0.4, -0.2) is 0 Å². The maximum atomic E-state index is 13.4. The molecule has 0 saturated carbocycles. The second-order valence-electron chi connectivity index (χ2n) is 4.09. The van der Waals surface area contributed by atoms with Crippen LogP contribution in [0.3, 0.4) is 0 Å². The predicted molar refractivity (Wildman–Crippen MR) is 71.0 cm³/mol. The van der Waals surface area contributed by atoms with E-state index in [1.54, 1.807) is 12.1 Å². The van der Waals surface area contributed by atoms with Gasteiger partial charge in [0.2, 0.25) is 0 Å². The number of nitrogens with one attached hydrogen (secondary N) is 1. The quantitative estimate of drug-likeness (QED) is 0.888. The summed E-state index contributed by atoms with van der Waals surface area (Å²) in [4.78, 5) is 0. The minimum atomic E-state index is -0.882. The fraction of sp³-hybridized carbons (Fsp3) is 0.143. The van der Waals surface area contributed by atoms with Crippen LogP contribution in [0.2, 0.25) is 0 Å². The van der Waals surface area contributed by atoms with Gasteiger partial charge in [-0.25, -0.2) is 13.2 Å². The molecule has 0 atom stereocenters. The largest absolute Gasteiger partial charge is 0.309 e. The Bertz CT molecular complexity index is 587. The van der Waals surface area contributed by atoms with Gasteiger partial charge in [0.05, 0.1) is 0 Å². The summed E-state index contributed by atoms with van der Waals surface area (Å²) in [6, 6.07) is 8.36. The van der Waals surface area contributed by atoms with Gasteiger partial charge in [0, 0.05) is 23.1 Å². The van der Waals surface area contributed by atoms with Crippen LogP contribution in [0.1, 0.15) is 11.1 Å². The molecule has 2 rings (SSSR count). The van der Waals surface area contributed by atoms with Crippen LogP contribution >= 0.6 is 15.9 Å². The van der Waals surface area contributed by atoms with Gasteiger partial charge in [0.15, 0.2) is 11.6 Å². The van der Waals surface area contributed by atoms with Gasteiger partial charge < -0.3 is 5.32 Å². The lowest BCUT2D eigenvalue weighted by Gasteiger charge is -2.07. The summed E-state index contributed by atoms with van der Waals surface area (Å²) in [5, 5.41) is 2.98. The fourth-order valence-corrected chi connectivity index (χ4v) is 2.08. The number of hydrogen-bond donors (Lipinski definition) is 1. The van der Waals surface area contributed by atoms with Crippen molar-refractivity contribution in [3.8, 4) is 0 Å². The molecule has 0 heterocycles. The summed E-state index contributed by atoms with van der Waals surface area (Å²) in [7, 11) is 0. The number of benzene rings is 2. The number of hydrogen-bond acceptors (Lipinski definition) is 1. The average molecular weight is 330 g/mol. The van der Waals surface area contributed by atoms with E-state index in [-0.39, 0.29) is 5.82 Å². The van der Waals surface area contributed by atoms with Crippen molar-refractivity contribution < 1.29 is 13.2 Å². The van der Waals surface area contributed by atoms with Gasteiger partial charge in [-0.3, -0.25) is 0 Å². The van der Waals surface area contributed by atoms with E-state index in [0.29, 0.717) is 24.2 Å². The molecule has 100 valence electrons. The standard InChI is InChI=1S/C14H11BrF3N/c15-11-2-4-12(16)10(6-11)8-19-7-9-1-3-13(17)14(18)5-9/h1-6,19H,7-8H2. The lowest BCUT2D eigenvalue weighted by atomic mass is 10.2. The van der Waals surface area contributed by atoms with Crippen LogP contribution in [0.4, 0.5) is 13.2 Å². The molecule has 0 fully saturated rings. The Morgan fingerprint density at radius 2 is 1.58 bits per heavy atom. The highest BCUT2D eigenvalue weighted by Crippen LogP contribution is 2.15. The lowest BCUT2D eigenvalue weighted by Crippen LogP contribution is -2.14. The lowest BCUT2D eigenvalue weighted by molar-refractivity contribution is 0.505. The van der Waals surface area contributed by atoms with E-state index in [0.717, 1.165) is 16.6 Å². The molecule has 0 aliphatic heterocycles. The van der Waals surface area contributed by atoms with E-state index >= 15 is 0 Å². The molecule has 0 saturated heterocycles. The van der Waals surface area contributed by atoms with Crippen LogP contribution in [0.25, 0.3) is 0 Å². The van der Waals surface area contributed by atoms with Gasteiger partial charge >= 0.3 is 0 Å². The molecule has 2 aromatic carbocycles. The number of halogens is 4. The van der Waals surface area contributed by atoms with Crippen molar-refractivity contribution in [1.82, 2.24) is 5.32 Å². The first-order valence-corrected chi connectivity index (χ1v) is 6.44. The molecule has 0 amide bonds. The normalized spacial score (nSPS) is 10.7. The maximum Gasteiger partial charge on any atom is 0.159 e. The third-order valence-corrected chi connectivity index (χ3v) is 3.13. The molecule has 1 nitrogen and oxygen atoms in total. The minimum Gasteiger partial charge on any atom is -0.309 e. The zero-order chi connectivity index (χ0) is 13.8. The van der Waals surface area contributed by atoms with Crippen LogP contribution in [0.15, 0.2) is 40.9 Å². The zero-order valence-electron chi connectivity index (χ0n) is 9.89. The summed E-state index contributed by atoms with van der Waals surface area (Å²) < 4.78 is 39.9. The topological polar surface area (TPSA) is 12.0 Å². The second kappa shape index (κ2) is 6.21. The van der Waals surface area contributed by atoms with E-state index in [1.807, 2.05) is 0 Å². The molecule has 0 bridgehead atoms. The number of rotatable bonds is 4. The third-order valence-electron chi connectivity index (χ3n) is 2.64. The Kier molecular flexibility index (Phi) is 4.61. The van der Waals surface area contributed by atoms with Crippen molar-refractivity contribution in [2.24, 2.45) is 0 Å². The average Bonchev–Trinajstić information content (AvgIpc) is 2.38. The minimum absolute atomic E-state index is 0.305. The maximum absolute atomic E-state index is 13.4. The predicted octanol–water partition coefficient (Wildman–Crippen LogP) is 4.16. The van der Waals surface area contributed by atoms with E-state index in [9.17, 15) is 13.2 Å². The van der Waals surface area contributed by atoms with Crippen LogP contribution in [0.5, 0.6) is 0 Å². The van der Waals surface area contributed by atoms with E-state index in [4.69, 9.17) is 0 Å². The van der Waals surface area contributed by atoms with Crippen LogP contribution in [-0.2, 0) is 13.1 Å². The van der Waals surface area contributed by atoms with Crippen LogP contribution < -0.4 is 5.32 Å². The van der Waals surface area contributed by atoms with Crippen molar-refractivity contribution in [3.05, 3.63) is 69.4 Å². The van der Waals surface area contributed by atoms with Gasteiger partial charge in [-0.15, -0.1) is 0 Å². The van der Waals surface area contributed by atoms with Gasteiger partial charge in [0.1, 0.15) is 5.82 Å². The smallest absolute Gasteiger partial charge is 0.159 e. The Morgan fingerprint density at radius 3 is 2.32 bits per heavy atom. The first-order chi connectivity index (χ1) is 9.06. The van der Waals surface area contributed by atoms with Gasteiger partial charge in [-0.05, 0) is 35.9 Å².